The highest BCUT2D eigenvalue weighted by Crippen LogP contribution is 2.30. The maximum Gasteiger partial charge on any atom is 0.416 e. The van der Waals surface area contributed by atoms with Crippen molar-refractivity contribution in [2.24, 2.45) is 0 Å². The van der Waals surface area contributed by atoms with Crippen LogP contribution in [0.3, 0.4) is 0 Å². The van der Waals surface area contributed by atoms with Crippen molar-refractivity contribution in [3.63, 3.8) is 0 Å². The predicted molar refractivity (Wildman–Crippen MR) is 73.7 cm³/mol. The molecule has 22 heavy (non-hydrogen) atoms. The van der Waals surface area contributed by atoms with Gasteiger partial charge >= 0.3 is 6.18 Å². The van der Waals surface area contributed by atoms with E-state index in [0.717, 1.165) is 24.4 Å². The lowest BCUT2D eigenvalue weighted by Crippen LogP contribution is -2.19. The van der Waals surface area contributed by atoms with Gasteiger partial charge in [-0.05, 0) is 25.1 Å². The Balaban J connectivity index is 2.28. The smallest absolute Gasteiger partial charge is 0.306 e. The summed E-state index contributed by atoms with van der Waals surface area (Å²) in [4.78, 5) is 15.5. The van der Waals surface area contributed by atoms with Crippen LogP contribution < -0.4 is 10.8 Å². The van der Waals surface area contributed by atoms with Gasteiger partial charge < -0.3 is 5.32 Å². The van der Waals surface area contributed by atoms with Crippen LogP contribution in [0, 0.1) is 12.7 Å². The number of hydrogen-bond donors (Lipinski definition) is 1. The summed E-state index contributed by atoms with van der Waals surface area (Å²) >= 11 is 0. The molecule has 0 fully saturated rings. The number of halogens is 4. The van der Waals surface area contributed by atoms with Crippen molar-refractivity contribution >= 4 is 25.0 Å². The van der Waals surface area contributed by atoms with Crippen molar-refractivity contribution in [2.45, 2.75) is 13.1 Å². The Bertz CT molecular complexity index is 731. The fourth-order valence-electron chi connectivity index (χ4n) is 1.72. The highest BCUT2D eigenvalue weighted by Gasteiger charge is 2.31. The molecule has 0 saturated carbocycles. The zero-order valence-corrected chi connectivity index (χ0v) is 11.3. The average molecular weight is 308 g/mol. The summed E-state index contributed by atoms with van der Waals surface area (Å²) in [5.41, 5.74) is -0.696. The van der Waals surface area contributed by atoms with E-state index in [1.807, 2.05) is 0 Å². The number of amides is 1. The molecule has 2 aromatic rings. The van der Waals surface area contributed by atoms with E-state index in [2.05, 4.69) is 10.3 Å². The van der Waals surface area contributed by atoms with Crippen LogP contribution in [0.1, 0.15) is 21.5 Å². The number of rotatable bonds is 2. The third-order valence-corrected chi connectivity index (χ3v) is 2.93. The summed E-state index contributed by atoms with van der Waals surface area (Å²) in [5, 5.41) is 2.11. The molecule has 2 radical (unpaired) electrons. The average Bonchev–Trinajstić information content (AvgIpc) is 2.42. The predicted octanol–water partition coefficient (Wildman–Crippen LogP) is 2.59. The molecule has 0 unspecified atom stereocenters. The molecular weight excluding hydrogens is 299 g/mol. The van der Waals surface area contributed by atoms with Crippen LogP contribution in [0.4, 0.5) is 23.4 Å². The zero-order chi connectivity index (χ0) is 16.5. The highest BCUT2D eigenvalue weighted by atomic mass is 19.4. The minimum Gasteiger partial charge on any atom is -0.306 e. The minimum atomic E-state index is -4.57. The fraction of sp³-hybridized carbons (Fsp3) is 0.143. The van der Waals surface area contributed by atoms with E-state index in [1.165, 1.54) is 0 Å². The van der Waals surface area contributed by atoms with Crippen molar-refractivity contribution in [2.75, 3.05) is 5.32 Å². The van der Waals surface area contributed by atoms with Gasteiger partial charge in [-0.3, -0.25) is 4.79 Å². The first kappa shape index (κ1) is 16.0. The normalized spacial score (nSPS) is 11.3. The molecular formula is C14H9BF4N2O. The van der Waals surface area contributed by atoms with E-state index in [4.69, 9.17) is 7.85 Å². The standard InChI is InChI=1S/C14H9BF4N2O/c1-7-4-11(16)9(6-10(7)15)13(22)21-12-5-8(2-3-20-12)14(17,18)19/h2-6H,1H3,(H,20,21,22). The minimum absolute atomic E-state index is 0.198. The molecule has 0 saturated heterocycles. The van der Waals surface area contributed by atoms with Crippen LogP contribution in [0.25, 0.3) is 0 Å². The summed E-state index contributed by atoms with van der Waals surface area (Å²) in [5.74, 6) is -2.09. The molecule has 1 amide bonds. The lowest BCUT2D eigenvalue weighted by Gasteiger charge is -2.10. The number of nitrogens with one attached hydrogen (secondary N) is 1. The molecule has 3 nitrogen and oxygen atoms in total. The fourth-order valence-corrected chi connectivity index (χ4v) is 1.72. The highest BCUT2D eigenvalue weighted by molar-refractivity contribution is 6.33. The van der Waals surface area contributed by atoms with Crippen LogP contribution in [0.15, 0.2) is 30.5 Å². The van der Waals surface area contributed by atoms with E-state index < -0.39 is 23.5 Å². The molecule has 0 aliphatic carbocycles. The number of aromatic nitrogens is 1. The maximum atomic E-state index is 13.7. The quantitative estimate of drug-likeness (QED) is 0.684. The lowest BCUT2D eigenvalue weighted by atomic mass is 9.89. The van der Waals surface area contributed by atoms with Crippen molar-refractivity contribution in [1.82, 2.24) is 4.98 Å². The molecule has 0 spiro atoms. The number of benzene rings is 1. The molecule has 0 aliphatic heterocycles. The van der Waals surface area contributed by atoms with Crippen molar-refractivity contribution in [3.8, 4) is 0 Å². The molecule has 2 rings (SSSR count). The Morgan fingerprint density at radius 2 is 1.95 bits per heavy atom. The third kappa shape index (κ3) is 3.44. The number of pyridine rings is 1. The first-order chi connectivity index (χ1) is 10.2. The molecule has 0 atom stereocenters. The van der Waals surface area contributed by atoms with Gasteiger partial charge in [0.1, 0.15) is 19.5 Å². The van der Waals surface area contributed by atoms with E-state index >= 15 is 0 Å². The van der Waals surface area contributed by atoms with Crippen LogP contribution >= 0.6 is 0 Å². The first-order valence-electron chi connectivity index (χ1n) is 6.08. The van der Waals surface area contributed by atoms with Crippen molar-refractivity contribution < 1.29 is 22.4 Å². The Morgan fingerprint density at radius 3 is 2.59 bits per heavy atom. The van der Waals surface area contributed by atoms with Gasteiger partial charge in [-0.25, -0.2) is 9.37 Å². The maximum absolute atomic E-state index is 13.7. The molecule has 1 aromatic heterocycles. The lowest BCUT2D eigenvalue weighted by molar-refractivity contribution is -0.137. The van der Waals surface area contributed by atoms with Crippen LogP contribution in [-0.4, -0.2) is 18.7 Å². The van der Waals surface area contributed by atoms with Crippen molar-refractivity contribution in [3.05, 3.63) is 53.0 Å². The van der Waals surface area contributed by atoms with Crippen LogP contribution in [-0.2, 0) is 6.18 Å². The Labute approximate surface area is 124 Å². The number of carbonyl (C=O) groups excluding carboxylic acids is 1. The monoisotopic (exact) mass is 308 g/mol. The molecule has 112 valence electrons. The van der Waals surface area contributed by atoms with Gasteiger partial charge in [-0.15, -0.1) is 0 Å². The number of aryl methyl sites for hydroxylation is 1. The topological polar surface area (TPSA) is 42.0 Å². The second-order valence-electron chi connectivity index (χ2n) is 4.57. The molecule has 0 bridgehead atoms. The molecule has 8 heteroatoms. The number of carbonyl (C=O) groups is 1. The van der Waals surface area contributed by atoms with Gasteiger partial charge in [0.05, 0.1) is 11.1 Å². The molecule has 1 N–H and O–H groups in total. The summed E-state index contributed by atoms with van der Waals surface area (Å²) in [7, 11) is 5.59. The van der Waals surface area contributed by atoms with Gasteiger partial charge in [0.15, 0.2) is 0 Å². The number of anilines is 1. The zero-order valence-electron chi connectivity index (χ0n) is 11.3. The van der Waals surface area contributed by atoms with E-state index in [1.54, 1.807) is 6.92 Å². The van der Waals surface area contributed by atoms with Gasteiger partial charge in [-0.2, -0.15) is 13.2 Å². The molecule has 1 aromatic carbocycles. The van der Waals surface area contributed by atoms with Crippen LogP contribution in [0.5, 0.6) is 0 Å². The third-order valence-electron chi connectivity index (χ3n) is 2.93. The van der Waals surface area contributed by atoms with E-state index in [0.29, 0.717) is 11.6 Å². The molecule has 1 heterocycles. The number of hydrogen-bond acceptors (Lipinski definition) is 2. The first-order valence-corrected chi connectivity index (χ1v) is 6.08. The summed E-state index contributed by atoms with van der Waals surface area (Å²) in [6, 6.07) is 3.62. The van der Waals surface area contributed by atoms with Gasteiger partial charge in [-0.1, -0.05) is 17.1 Å². The summed E-state index contributed by atoms with van der Waals surface area (Å²) < 4.78 is 51.5. The SMILES string of the molecule is [B]c1cc(C(=O)Nc2cc(C(F)(F)F)ccn2)c(F)cc1C. The second kappa shape index (κ2) is 5.78. The molecule has 0 aliphatic rings. The van der Waals surface area contributed by atoms with Gasteiger partial charge in [0.25, 0.3) is 5.91 Å². The summed E-state index contributed by atoms with van der Waals surface area (Å²) in [6.45, 7) is 1.56. The summed E-state index contributed by atoms with van der Waals surface area (Å²) in [6.07, 6.45) is -3.67. The Hall–Kier alpha value is -2.38. The number of nitrogens with zero attached hydrogens (tertiary/aromatic N) is 1. The largest absolute Gasteiger partial charge is 0.416 e. The Kier molecular flexibility index (Phi) is 4.21. The van der Waals surface area contributed by atoms with Gasteiger partial charge in [0.2, 0.25) is 0 Å². The van der Waals surface area contributed by atoms with Crippen LogP contribution in [0.2, 0.25) is 0 Å². The van der Waals surface area contributed by atoms with E-state index in [-0.39, 0.29) is 16.8 Å². The van der Waals surface area contributed by atoms with Gasteiger partial charge in [0, 0.05) is 6.20 Å². The number of alkyl halides is 3. The second-order valence-corrected chi connectivity index (χ2v) is 4.57. The Morgan fingerprint density at radius 1 is 1.27 bits per heavy atom. The van der Waals surface area contributed by atoms with E-state index in [9.17, 15) is 22.4 Å². The van der Waals surface area contributed by atoms with Crippen molar-refractivity contribution in [1.29, 1.82) is 0 Å².